The van der Waals surface area contributed by atoms with Gasteiger partial charge in [0, 0.05) is 18.2 Å². The maximum atomic E-state index is 13.5. The van der Waals surface area contributed by atoms with Crippen molar-refractivity contribution in [2.75, 3.05) is 13.6 Å². The molecule has 108 valence electrons. The summed E-state index contributed by atoms with van der Waals surface area (Å²) < 4.78 is 13.5. The Morgan fingerprint density at radius 1 is 1.55 bits per heavy atom. The highest BCUT2D eigenvalue weighted by Gasteiger charge is 2.23. The van der Waals surface area contributed by atoms with E-state index in [4.69, 9.17) is 18.0 Å². The van der Waals surface area contributed by atoms with Crippen LogP contribution in [0, 0.1) is 5.82 Å². The van der Waals surface area contributed by atoms with Crippen molar-refractivity contribution in [1.82, 2.24) is 10.2 Å². The molecular formula is C14H18FN3OS. The van der Waals surface area contributed by atoms with Crippen molar-refractivity contribution < 1.29 is 9.18 Å². The van der Waals surface area contributed by atoms with Gasteiger partial charge in [-0.2, -0.15) is 0 Å². The zero-order valence-electron chi connectivity index (χ0n) is 11.4. The van der Waals surface area contributed by atoms with E-state index in [1.165, 1.54) is 6.07 Å². The molecule has 1 aromatic carbocycles. The third-order valence-electron chi connectivity index (χ3n) is 3.10. The minimum Gasteiger partial charge on any atom is -0.389 e. The van der Waals surface area contributed by atoms with E-state index < -0.39 is 5.82 Å². The molecule has 0 radical (unpaired) electrons. The predicted molar refractivity (Wildman–Crippen MR) is 79.8 cm³/mol. The van der Waals surface area contributed by atoms with Gasteiger partial charge in [-0.15, -0.1) is 0 Å². The molecule has 1 saturated carbocycles. The maximum Gasteiger partial charge on any atom is 0.234 e. The van der Waals surface area contributed by atoms with Gasteiger partial charge in [-0.3, -0.25) is 9.69 Å². The van der Waals surface area contributed by atoms with Crippen LogP contribution in [0.25, 0.3) is 0 Å². The van der Waals surface area contributed by atoms with E-state index in [9.17, 15) is 9.18 Å². The number of benzene rings is 1. The third kappa shape index (κ3) is 4.25. The topological polar surface area (TPSA) is 58.4 Å². The Balaban J connectivity index is 1.92. The van der Waals surface area contributed by atoms with Crippen LogP contribution >= 0.6 is 12.2 Å². The lowest BCUT2D eigenvalue weighted by atomic mass is 10.1. The zero-order chi connectivity index (χ0) is 14.7. The van der Waals surface area contributed by atoms with Gasteiger partial charge in [-0.1, -0.05) is 18.3 Å². The highest BCUT2D eigenvalue weighted by atomic mass is 32.1. The molecule has 6 heteroatoms. The Kier molecular flexibility index (Phi) is 4.67. The second kappa shape index (κ2) is 6.28. The van der Waals surface area contributed by atoms with Crippen molar-refractivity contribution in [2.45, 2.75) is 25.4 Å². The number of carbonyl (C=O) groups excluding carboxylic acids is 1. The van der Waals surface area contributed by atoms with Crippen LogP contribution in [-0.2, 0) is 11.3 Å². The van der Waals surface area contributed by atoms with Crippen molar-refractivity contribution in [3.05, 3.63) is 35.1 Å². The lowest BCUT2D eigenvalue weighted by Gasteiger charge is -2.17. The van der Waals surface area contributed by atoms with Crippen molar-refractivity contribution in [3.8, 4) is 0 Å². The Morgan fingerprint density at radius 3 is 2.85 bits per heavy atom. The van der Waals surface area contributed by atoms with Gasteiger partial charge in [0.15, 0.2) is 0 Å². The molecule has 1 aliphatic carbocycles. The van der Waals surface area contributed by atoms with Gasteiger partial charge in [0.25, 0.3) is 0 Å². The second-order valence-corrected chi connectivity index (χ2v) is 5.63. The van der Waals surface area contributed by atoms with Gasteiger partial charge in [0.2, 0.25) is 5.91 Å². The van der Waals surface area contributed by atoms with Crippen molar-refractivity contribution in [3.63, 3.8) is 0 Å². The standard InChI is InChI=1S/C14H18FN3OS/c1-18(8-13(19)17-10-3-4-10)7-9-2-5-12(15)11(6-9)14(16)20/h2,5-6,10H,3-4,7-8H2,1H3,(H2,16,20)(H,17,19). The number of nitrogens with zero attached hydrogens (tertiary/aromatic N) is 1. The number of likely N-dealkylation sites (N-methyl/N-ethyl adjacent to an activating group) is 1. The van der Waals surface area contributed by atoms with E-state index >= 15 is 0 Å². The molecule has 1 amide bonds. The molecule has 3 N–H and O–H groups in total. The van der Waals surface area contributed by atoms with Gasteiger partial charge in [-0.05, 0) is 37.6 Å². The lowest BCUT2D eigenvalue weighted by molar-refractivity contribution is -0.122. The zero-order valence-corrected chi connectivity index (χ0v) is 12.2. The van der Waals surface area contributed by atoms with E-state index in [1.54, 1.807) is 12.1 Å². The molecule has 1 aromatic rings. The summed E-state index contributed by atoms with van der Waals surface area (Å²) in [6.45, 7) is 0.851. The average molecular weight is 295 g/mol. The first kappa shape index (κ1) is 14.9. The number of amides is 1. The summed E-state index contributed by atoms with van der Waals surface area (Å²) in [6, 6.07) is 5.02. The van der Waals surface area contributed by atoms with Crippen LogP contribution in [0.3, 0.4) is 0 Å². The first-order chi connectivity index (χ1) is 9.45. The van der Waals surface area contributed by atoms with Crippen LogP contribution in [0.2, 0.25) is 0 Å². The average Bonchev–Trinajstić information content (AvgIpc) is 3.14. The number of hydrogen-bond donors (Lipinski definition) is 2. The number of thiocarbonyl (C=S) groups is 1. The third-order valence-corrected chi connectivity index (χ3v) is 3.32. The highest BCUT2D eigenvalue weighted by Crippen LogP contribution is 2.18. The highest BCUT2D eigenvalue weighted by molar-refractivity contribution is 7.80. The number of rotatable bonds is 6. The Bertz CT molecular complexity index is 531. The van der Waals surface area contributed by atoms with Gasteiger partial charge in [0.05, 0.1) is 6.54 Å². The molecule has 0 heterocycles. The number of nitrogens with one attached hydrogen (secondary N) is 1. The van der Waals surface area contributed by atoms with Gasteiger partial charge < -0.3 is 11.1 Å². The van der Waals surface area contributed by atoms with Crippen LogP contribution in [0.4, 0.5) is 4.39 Å². The van der Waals surface area contributed by atoms with Gasteiger partial charge >= 0.3 is 0 Å². The molecule has 0 saturated heterocycles. The van der Waals surface area contributed by atoms with E-state index in [-0.39, 0.29) is 16.5 Å². The number of halogens is 1. The van der Waals surface area contributed by atoms with E-state index in [0.29, 0.717) is 19.1 Å². The Morgan fingerprint density at radius 2 is 2.25 bits per heavy atom. The monoisotopic (exact) mass is 295 g/mol. The fourth-order valence-electron chi connectivity index (χ4n) is 1.97. The van der Waals surface area contributed by atoms with Crippen molar-refractivity contribution in [1.29, 1.82) is 0 Å². The molecular weight excluding hydrogens is 277 g/mol. The first-order valence-electron chi connectivity index (χ1n) is 6.52. The molecule has 0 atom stereocenters. The van der Waals surface area contributed by atoms with Crippen LogP contribution in [0.15, 0.2) is 18.2 Å². The maximum absolute atomic E-state index is 13.5. The quantitative estimate of drug-likeness (QED) is 0.774. The fourth-order valence-corrected chi connectivity index (χ4v) is 2.13. The minimum atomic E-state index is -0.421. The molecule has 0 spiro atoms. The largest absolute Gasteiger partial charge is 0.389 e. The fraction of sp³-hybridized carbons (Fsp3) is 0.429. The summed E-state index contributed by atoms with van der Waals surface area (Å²) >= 11 is 4.81. The number of carbonyl (C=O) groups is 1. The normalized spacial score (nSPS) is 14.3. The summed E-state index contributed by atoms with van der Waals surface area (Å²) in [7, 11) is 1.84. The molecule has 0 bridgehead atoms. The summed E-state index contributed by atoms with van der Waals surface area (Å²) in [5, 5.41) is 2.93. The molecule has 1 fully saturated rings. The Labute approximate surface area is 123 Å². The van der Waals surface area contributed by atoms with Gasteiger partial charge in [-0.25, -0.2) is 4.39 Å². The Hall–Kier alpha value is -1.53. The molecule has 0 unspecified atom stereocenters. The molecule has 0 aliphatic heterocycles. The summed E-state index contributed by atoms with van der Waals surface area (Å²) in [4.78, 5) is 13.6. The summed E-state index contributed by atoms with van der Waals surface area (Å²) in [6.07, 6.45) is 2.15. The van der Waals surface area contributed by atoms with E-state index in [1.807, 2.05) is 11.9 Å². The summed E-state index contributed by atoms with van der Waals surface area (Å²) in [5.41, 5.74) is 6.59. The molecule has 0 aromatic heterocycles. The first-order valence-corrected chi connectivity index (χ1v) is 6.92. The SMILES string of the molecule is CN(CC(=O)NC1CC1)Cc1ccc(F)c(C(N)=S)c1. The second-order valence-electron chi connectivity index (χ2n) is 5.19. The number of hydrogen-bond acceptors (Lipinski definition) is 3. The predicted octanol–water partition coefficient (Wildman–Crippen LogP) is 1.17. The van der Waals surface area contributed by atoms with E-state index in [0.717, 1.165) is 18.4 Å². The lowest BCUT2D eigenvalue weighted by Crippen LogP contribution is -2.36. The van der Waals surface area contributed by atoms with E-state index in [2.05, 4.69) is 5.32 Å². The molecule has 4 nitrogen and oxygen atoms in total. The van der Waals surface area contributed by atoms with Crippen molar-refractivity contribution in [2.24, 2.45) is 5.73 Å². The van der Waals surface area contributed by atoms with Crippen LogP contribution < -0.4 is 11.1 Å². The van der Waals surface area contributed by atoms with Crippen LogP contribution in [-0.4, -0.2) is 35.4 Å². The van der Waals surface area contributed by atoms with Crippen LogP contribution in [0.5, 0.6) is 0 Å². The number of nitrogens with two attached hydrogens (primary N) is 1. The van der Waals surface area contributed by atoms with Crippen LogP contribution in [0.1, 0.15) is 24.0 Å². The molecule has 20 heavy (non-hydrogen) atoms. The smallest absolute Gasteiger partial charge is 0.234 e. The minimum absolute atomic E-state index is 0.0201. The summed E-state index contributed by atoms with van der Waals surface area (Å²) in [5.74, 6) is -0.401. The molecule has 2 rings (SSSR count). The molecule has 1 aliphatic rings. The van der Waals surface area contributed by atoms with Gasteiger partial charge in [0.1, 0.15) is 10.8 Å². The van der Waals surface area contributed by atoms with Crippen molar-refractivity contribution >= 4 is 23.1 Å².